The number of thioether (sulfide) groups is 1. The number of rotatable bonds is 3. The van der Waals surface area contributed by atoms with Crippen molar-refractivity contribution in [1.29, 1.82) is 0 Å². The molecule has 2 aliphatic heterocycles. The van der Waals surface area contributed by atoms with Gasteiger partial charge in [-0.25, -0.2) is 9.18 Å². The highest BCUT2D eigenvalue weighted by Crippen LogP contribution is 2.38. The van der Waals surface area contributed by atoms with Crippen LogP contribution in [0.4, 0.5) is 9.18 Å². The minimum Gasteiger partial charge on any atom is -0.348 e. The van der Waals surface area contributed by atoms with Gasteiger partial charge in [0.1, 0.15) is 17.9 Å². The number of nitrogens with one attached hydrogen (secondary N) is 2. The van der Waals surface area contributed by atoms with Gasteiger partial charge in [-0.15, -0.1) is 11.8 Å². The number of nitrogens with zero attached hydrogens (tertiary/aromatic N) is 1. The lowest BCUT2D eigenvalue weighted by Gasteiger charge is -2.33. The number of amides is 4. The molecular weight excluding hydrogens is 381 g/mol. The summed E-state index contributed by atoms with van der Waals surface area (Å²) in [4.78, 5) is 39.4. The summed E-state index contributed by atoms with van der Waals surface area (Å²) in [6, 6.07) is 4.03. The van der Waals surface area contributed by atoms with Crippen LogP contribution in [0.5, 0.6) is 0 Å². The summed E-state index contributed by atoms with van der Waals surface area (Å²) in [7, 11) is 0. The Hall–Kier alpha value is -2.09. The largest absolute Gasteiger partial charge is 0.348 e. The van der Waals surface area contributed by atoms with Crippen molar-refractivity contribution in [3.63, 3.8) is 0 Å². The van der Waals surface area contributed by atoms with Crippen molar-refractivity contribution in [2.45, 2.75) is 55.5 Å². The van der Waals surface area contributed by atoms with Gasteiger partial charge < -0.3 is 10.6 Å². The summed E-state index contributed by atoms with van der Waals surface area (Å²) < 4.78 is 14.0. The van der Waals surface area contributed by atoms with E-state index in [1.165, 1.54) is 17.8 Å². The zero-order valence-corrected chi connectivity index (χ0v) is 16.6. The number of hydrogen-bond donors (Lipinski definition) is 2. The maximum Gasteiger partial charge on any atom is 0.325 e. The van der Waals surface area contributed by atoms with E-state index < -0.39 is 17.5 Å². The fourth-order valence-electron chi connectivity index (χ4n) is 4.33. The highest BCUT2D eigenvalue weighted by atomic mass is 32.2. The maximum atomic E-state index is 14.0. The van der Waals surface area contributed by atoms with E-state index in [1.54, 1.807) is 12.1 Å². The van der Waals surface area contributed by atoms with Crippen LogP contribution in [0.25, 0.3) is 0 Å². The lowest BCUT2D eigenvalue weighted by molar-refractivity contribution is -0.136. The number of fused-ring (bicyclic) bond motifs is 1. The molecule has 4 amide bonds. The van der Waals surface area contributed by atoms with E-state index in [9.17, 15) is 18.8 Å². The van der Waals surface area contributed by atoms with Crippen LogP contribution in [0.15, 0.2) is 23.1 Å². The van der Waals surface area contributed by atoms with E-state index in [1.807, 2.05) is 0 Å². The van der Waals surface area contributed by atoms with Gasteiger partial charge >= 0.3 is 6.03 Å². The minimum absolute atomic E-state index is 0.288. The standard InChI is InChI=1S/C20H24FN3O3S/c1-12-5-8-20(9-6-12)18(26)24(19(27)23-20)11-16(25)22-15-7-10-28-17-13(15)3-2-4-14(17)21/h2-4,12,15H,5-11H2,1H3,(H,22,25)(H,23,27). The molecule has 0 radical (unpaired) electrons. The minimum atomic E-state index is -0.846. The molecule has 8 heteroatoms. The van der Waals surface area contributed by atoms with E-state index in [0.29, 0.717) is 35.8 Å². The third kappa shape index (κ3) is 3.38. The first kappa shape index (κ1) is 19.2. The second kappa shape index (κ2) is 7.39. The number of halogens is 1. The van der Waals surface area contributed by atoms with Gasteiger partial charge in [0.15, 0.2) is 0 Å². The van der Waals surface area contributed by atoms with Gasteiger partial charge in [-0.2, -0.15) is 0 Å². The fraction of sp³-hybridized carbons (Fsp3) is 0.550. The third-order valence-electron chi connectivity index (χ3n) is 6.04. The quantitative estimate of drug-likeness (QED) is 0.758. The maximum absolute atomic E-state index is 14.0. The van der Waals surface area contributed by atoms with Crippen LogP contribution in [0.2, 0.25) is 0 Å². The highest BCUT2D eigenvalue weighted by Gasteiger charge is 2.52. The SMILES string of the molecule is CC1CCC2(CC1)NC(=O)N(CC(=O)NC1CCSc3c(F)cccc31)C2=O. The fourth-order valence-corrected chi connectivity index (χ4v) is 5.47. The second-order valence-electron chi connectivity index (χ2n) is 8.00. The highest BCUT2D eigenvalue weighted by molar-refractivity contribution is 7.99. The van der Waals surface area contributed by atoms with Gasteiger partial charge in [-0.1, -0.05) is 19.1 Å². The molecular formula is C20H24FN3O3S. The average molecular weight is 405 g/mol. The van der Waals surface area contributed by atoms with Gasteiger partial charge in [-0.3, -0.25) is 14.5 Å². The molecule has 1 aliphatic carbocycles. The van der Waals surface area contributed by atoms with Gasteiger partial charge in [-0.05, 0) is 49.7 Å². The molecule has 1 spiro atoms. The molecule has 150 valence electrons. The van der Waals surface area contributed by atoms with E-state index in [-0.39, 0.29) is 24.3 Å². The van der Waals surface area contributed by atoms with Crippen LogP contribution in [-0.2, 0) is 9.59 Å². The summed E-state index contributed by atoms with van der Waals surface area (Å²) >= 11 is 1.44. The molecule has 1 saturated heterocycles. The van der Waals surface area contributed by atoms with Crippen molar-refractivity contribution in [3.05, 3.63) is 29.6 Å². The van der Waals surface area contributed by atoms with Crippen LogP contribution in [0.1, 0.15) is 50.6 Å². The van der Waals surface area contributed by atoms with E-state index in [4.69, 9.17) is 0 Å². The van der Waals surface area contributed by atoms with E-state index in [2.05, 4.69) is 17.6 Å². The molecule has 1 atom stereocenters. The number of carbonyl (C=O) groups excluding carboxylic acids is 3. The number of carbonyl (C=O) groups is 3. The predicted molar refractivity (Wildman–Crippen MR) is 103 cm³/mol. The summed E-state index contributed by atoms with van der Waals surface area (Å²) in [5.74, 6) is 0.243. The topological polar surface area (TPSA) is 78.5 Å². The Balaban J connectivity index is 1.43. The van der Waals surface area contributed by atoms with Crippen molar-refractivity contribution in [2.24, 2.45) is 5.92 Å². The Labute approximate surface area is 167 Å². The van der Waals surface area contributed by atoms with Crippen molar-refractivity contribution in [2.75, 3.05) is 12.3 Å². The molecule has 0 bridgehead atoms. The first-order valence-electron chi connectivity index (χ1n) is 9.74. The number of urea groups is 1. The Morgan fingerprint density at radius 2 is 2.07 bits per heavy atom. The summed E-state index contributed by atoms with van der Waals surface area (Å²) in [6.07, 6.45) is 3.67. The normalized spacial score (nSPS) is 29.6. The average Bonchev–Trinajstić information content (AvgIpc) is 2.89. The second-order valence-corrected chi connectivity index (χ2v) is 9.11. The number of hydrogen-bond acceptors (Lipinski definition) is 4. The molecule has 1 saturated carbocycles. The van der Waals surface area contributed by atoms with Gasteiger partial charge in [0.05, 0.1) is 6.04 Å². The molecule has 1 aromatic carbocycles. The van der Waals surface area contributed by atoms with Gasteiger partial charge in [0.2, 0.25) is 5.91 Å². The molecule has 2 fully saturated rings. The molecule has 28 heavy (non-hydrogen) atoms. The van der Waals surface area contributed by atoms with Crippen LogP contribution in [0.3, 0.4) is 0 Å². The number of benzene rings is 1. The lowest BCUT2D eigenvalue weighted by atomic mass is 9.77. The summed E-state index contributed by atoms with van der Waals surface area (Å²) in [5, 5.41) is 5.70. The Kier molecular flexibility index (Phi) is 5.07. The predicted octanol–water partition coefficient (Wildman–Crippen LogP) is 2.98. The molecule has 4 rings (SSSR count). The summed E-state index contributed by atoms with van der Waals surface area (Å²) in [5.41, 5.74) is -0.0966. The number of imide groups is 1. The smallest absolute Gasteiger partial charge is 0.325 e. The molecule has 2 N–H and O–H groups in total. The van der Waals surface area contributed by atoms with Crippen LogP contribution < -0.4 is 10.6 Å². The van der Waals surface area contributed by atoms with Crippen molar-refractivity contribution >= 4 is 29.6 Å². The Bertz CT molecular complexity index is 823. The zero-order valence-electron chi connectivity index (χ0n) is 15.8. The van der Waals surface area contributed by atoms with Crippen LogP contribution in [-0.4, -0.2) is 40.6 Å². The lowest BCUT2D eigenvalue weighted by Crippen LogP contribution is -2.50. The third-order valence-corrected chi connectivity index (χ3v) is 7.20. The molecule has 1 unspecified atom stereocenters. The van der Waals surface area contributed by atoms with Crippen molar-refractivity contribution < 1.29 is 18.8 Å². The van der Waals surface area contributed by atoms with Gasteiger partial charge in [0.25, 0.3) is 5.91 Å². The first-order chi connectivity index (χ1) is 13.4. The van der Waals surface area contributed by atoms with Crippen LogP contribution >= 0.6 is 11.8 Å². The van der Waals surface area contributed by atoms with Crippen molar-refractivity contribution in [1.82, 2.24) is 15.5 Å². The Morgan fingerprint density at radius 1 is 1.32 bits per heavy atom. The Morgan fingerprint density at radius 3 is 2.82 bits per heavy atom. The summed E-state index contributed by atoms with van der Waals surface area (Å²) in [6.45, 7) is 1.83. The first-order valence-corrected chi connectivity index (χ1v) is 10.7. The monoisotopic (exact) mass is 405 g/mol. The molecule has 0 aromatic heterocycles. The zero-order chi connectivity index (χ0) is 19.9. The molecule has 2 heterocycles. The van der Waals surface area contributed by atoms with E-state index in [0.717, 1.165) is 23.3 Å². The van der Waals surface area contributed by atoms with Gasteiger partial charge in [0, 0.05) is 10.6 Å². The van der Waals surface area contributed by atoms with Crippen LogP contribution in [0, 0.1) is 11.7 Å². The van der Waals surface area contributed by atoms with Crippen molar-refractivity contribution in [3.8, 4) is 0 Å². The molecule has 3 aliphatic rings. The van der Waals surface area contributed by atoms with E-state index >= 15 is 0 Å². The molecule has 6 nitrogen and oxygen atoms in total. The molecule has 1 aromatic rings.